The molecule has 3 aromatic rings. The summed E-state index contributed by atoms with van der Waals surface area (Å²) in [4.78, 5) is 17.6. The van der Waals surface area contributed by atoms with E-state index in [4.69, 9.17) is 16.9 Å². The predicted octanol–water partition coefficient (Wildman–Crippen LogP) is 5.03. The van der Waals surface area contributed by atoms with Crippen molar-refractivity contribution in [1.82, 2.24) is 15.3 Å². The molecular formula is C27H27ClN6O. The van der Waals surface area contributed by atoms with Crippen LogP contribution in [0, 0.1) is 11.3 Å². The van der Waals surface area contributed by atoms with Crippen molar-refractivity contribution in [3.05, 3.63) is 100 Å². The number of rotatable bonds is 10. The average Bonchev–Trinajstić information content (AvgIpc) is 2.88. The van der Waals surface area contributed by atoms with E-state index in [0.29, 0.717) is 34.9 Å². The molecule has 0 saturated heterocycles. The van der Waals surface area contributed by atoms with E-state index >= 15 is 0 Å². The highest BCUT2D eigenvalue weighted by Crippen LogP contribution is 2.24. The Bertz CT molecular complexity index is 1230. The van der Waals surface area contributed by atoms with Crippen LogP contribution in [0.1, 0.15) is 35.2 Å². The van der Waals surface area contributed by atoms with Crippen molar-refractivity contribution in [3.63, 3.8) is 0 Å². The zero-order chi connectivity index (χ0) is 25.2. The first-order valence-electron chi connectivity index (χ1n) is 11.0. The summed E-state index contributed by atoms with van der Waals surface area (Å²) in [7, 11) is 1.79. The Hall–Kier alpha value is -3.99. The maximum atomic E-state index is 13.2. The maximum absolute atomic E-state index is 13.2. The molecule has 0 saturated carbocycles. The molecule has 1 atom stereocenters. The molecule has 3 rings (SSSR count). The third kappa shape index (κ3) is 7.24. The second-order valence-electron chi connectivity index (χ2n) is 7.92. The first kappa shape index (κ1) is 25.6. The Morgan fingerprint density at radius 3 is 2.60 bits per heavy atom. The Kier molecular flexibility index (Phi) is 9.13. The summed E-state index contributed by atoms with van der Waals surface area (Å²) in [6.45, 7) is 5.97. The average molecular weight is 487 g/mol. The zero-order valence-corrected chi connectivity index (χ0v) is 20.5. The molecular weight excluding hydrogens is 460 g/mol. The molecule has 0 aliphatic carbocycles. The quantitative estimate of drug-likeness (QED) is 0.310. The summed E-state index contributed by atoms with van der Waals surface area (Å²) >= 11 is 6.42. The van der Waals surface area contributed by atoms with Crippen LogP contribution >= 0.6 is 11.6 Å². The van der Waals surface area contributed by atoms with Crippen LogP contribution in [-0.4, -0.2) is 36.2 Å². The van der Waals surface area contributed by atoms with Gasteiger partial charge in [0.2, 0.25) is 5.91 Å². The lowest BCUT2D eigenvalue weighted by Gasteiger charge is -2.20. The molecule has 0 aliphatic rings. The Labute approximate surface area is 210 Å². The van der Waals surface area contributed by atoms with E-state index in [1.807, 2.05) is 49.5 Å². The number of nitriles is 1. The third-order valence-electron chi connectivity index (χ3n) is 5.40. The minimum Gasteiger partial charge on any atom is -0.309 e. The molecule has 8 heteroatoms. The number of halogens is 1. The number of aromatic nitrogens is 1. The summed E-state index contributed by atoms with van der Waals surface area (Å²) in [6, 6.07) is 19.7. The summed E-state index contributed by atoms with van der Waals surface area (Å²) in [5, 5.41) is 21.1. The van der Waals surface area contributed by atoms with Crippen LogP contribution in [0.3, 0.4) is 0 Å². The molecule has 7 nitrogen and oxygen atoms in total. The Morgan fingerprint density at radius 2 is 1.97 bits per heavy atom. The van der Waals surface area contributed by atoms with Gasteiger partial charge in [0, 0.05) is 37.7 Å². The van der Waals surface area contributed by atoms with Gasteiger partial charge >= 0.3 is 0 Å². The highest BCUT2D eigenvalue weighted by molar-refractivity contribution is 6.31. The fraction of sp³-hybridized carbons (Fsp3) is 0.185. The second-order valence-corrected chi connectivity index (χ2v) is 8.32. The van der Waals surface area contributed by atoms with Crippen LogP contribution < -0.4 is 10.6 Å². The van der Waals surface area contributed by atoms with E-state index < -0.39 is 6.04 Å². The molecule has 1 heterocycles. The van der Waals surface area contributed by atoms with Gasteiger partial charge < -0.3 is 10.6 Å². The van der Waals surface area contributed by atoms with Gasteiger partial charge in [0.25, 0.3) is 0 Å². The van der Waals surface area contributed by atoms with E-state index in [1.165, 1.54) is 0 Å². The minimum atomic E-state index is -0.669. The summed E-state index contributed by atoms with van der Waals surface area (Å²) in [5.74, 6) is 0.175. The fourth-order valence-electron chi connectivity index (χ4n) is 3.45. The SMILES string of the molecule is C=NN(C)/C=C(\C)c1ccc(NC(=O)[C@H](NCCc2ccc(C#N)cc2)c2ccccc2Cl)nc1. The van der Waals surface area contributed by atoms with Gasteiger partial charge in [-0.3, -0.25) is 9.80 Å². The van der Waals surface area contributed by atoms with Crippen LogP contribution in [-0.2, 0) is 11.2 Å². The molecule has 0 bridgehead atoms. The number of nitrogens with one attached hydrogen (secondary N) is 2. The molecule has 0 aliphatic heterocycles. The second kappa shape index (κ2) is 12.5. The number of hydrogen-bond donors (Lipinski definition) is 2. The summed E-state index contributed by atoms with van der Waals surface area (Å²) < 4.78 is 0. The lowest BCUT2D eigenvalue weighted by atomic mass is 10.0. The number of carbonyl (C=O) groups excluding carboxylic acids is 1. The Morgan fingerprint density at radius 1 is 1.23 bits per heavy atom. The number of carbonyl (C=O) groups is 1. The number of allylic oxidation sites excluding steroid dienone is 1. The van der Waals surface area contributed by atoms with Gasteiger partial charge in [-0.25, -0.2) is 4.98 Å². The molecule has 2 aromatic carbocycles. The highest BCUT2D eigenvalue weighted by atomic mass is 35.5. The van der Waals surface area contributed by atoms with Crippen LogP contribution in [0.25, 0.3) is 5.57 Å². The molecule has 0 fully saturated rings. The maximum Gasteiger partial charge on any atom is 0.247 e. The predicted molar refractivity (Wildman–Crippen MR) is 141 cm³/mol. The lowest BCUT2D eigenvalue weighted by molar-refractivity contribution is -0.118. The van der Waals surface area contributed by atoms with Gasteiger partial charge in [-0.15, -0.1) is 0 Å². The van der Waals surface area contributed by atoms with Crippen LogP contribution in [0.15, 0.2) is 78.2 Å². The third-order valence-corrected chi connectivity index (χ3v) is 5.74. The molecule has 1 aromatic heterocycles. The van der Waals surface area contributed by atoms with Gasteiger partial charge in [-0.05, 0) is 65.9 Å². The Balaban J connectivity index is 1.72. The number of pyridine rings is 1. The van der Waals surface area contributed by atoms with Crippen molar-refractivity contribution in [2.45, 2.75) is 19.4 Å². The molecule has 2 N–H and O–H groups in total. The molecule has 0 radical (unpaired) electrons. The van der Waals surface area contributed by atoms with Crippen LogP contribution in [0.5, 0.6) is 0 Å². The number of hydrazone groups is 1. The number of amides is 1. The van der Waals surface area contributed by atoms with Crippen molar-refractivity contribution in [3.8, 4) is 6.07 Å². The minimum absolute atomic E-state index is 0.263. The number of anilines is 1. The normalized spacial score (nSPS) is 11.9. The van der Waals surface area contributed by atoms with Gasteiger partial charge in [0.1, 0.15) is 11.9 Å². The van der Waals surface area contributed by atoms with E-state index in [9.17, 15) is 4.79 Å². The van der Waals surface area contributed by atoms with Crippen molar-refractivity contribution >= 4 is 35.6 Å². The van der Waals surface area contributed by atoms with Gasteiger partial charge in [0.05, 0.1) is 11.6 Å². The topological polar surface area (TPSA) is 93.4 Å². The largest absolute Gasteiger partial charge is 0.309 e. The number of hydrogen-bond acceptors (Lipinski definition) is 6. The molecule has 178 valence electrons. The standard InChI is InChI=1S/C27H27ClN6O/c1-19(18-34(3)30-2)22-12-13-25(32-17-22)33-27(35)26(23-6-4-5-7-24(23)28)31-15-14-20-8-10-21(16-29)11-9-20/h4-13,17-18,26,31H,2,14-15H2,1,3H3,(H,32,33,35)/b19-18+/t26-/m1/s1. The molecule has 1 amide bonds. The van der Waals surface area contributed by atoms with Crippen LogP contribution in [0.4, 0.5) is 5.82 Å². The monoisotopic (exact) mass is 486 g/mol. The van der Waals surface area contributed by atoms with Crippen LogP contribution in [0.2, 0.25) is 5.02 Å². The molecule has 0 unspecified atom stereocenters. The number of benzene rings is 2. The first-order valence-corrected chi connectivity index (χ1v) is 11.4. The van der Waals surface area contributed by atoms with E-state index in [0.717, 1.165) is 16.7 Å². The summed E-state index contributed by atoms with van der Waals surface area (Å²) in [6.07, 6.45) is 4.22. The van der Waals surface area contributed by atoms with Gasteiger partial charge in [0.15, 0.2) is 0 Å². The highest BCUT2D eigenvalue weighted by Gasteiger charge is 2.22. The fourth-order valence-corrected chi connectivity index (χ4v) is 3.70. The lowest BCUT2D eigenvalue weighted by Crippen LogP contribution is -2.34. The van der Waals surface area contributed by atoms with Crippen molar-refractivity contribution < 1.29 is 4.79 Å². The first-order chi connectivity index (χ1) is 16.9. The summed E-state index contributed by atoms with van der Waals surface area (Å²) in [5.41, 5.74) is 4.23. The van der Waals surface area contributed by atoms with Gasteiger partial charge in [-0.2, -0.15) is 10.4 Å². The van der Waals surface area contributed by atoms with Crippen molar-refractivity contribution in [2.75, 3.05) is 18.9 Å². The van der Waals surface area contributed by atoms with E-state index in [-0.39, 0.29) is 5.91 Å². The zero-order valence-electron chi connectivity index (χ0n) is 19.7. The smallest absolute Gasteiger partial charge is 0.247 e. The van der Waals surface area contributed by atoms with E-state index in [2.05, 4.69) is 33.5 Å². The van der Waals surface area contributed by atoms with Crippen molar-refractivity contribution in [2.24, 2.45) is 5.10 Å². The molecule has 35 heavy (non-hydrogen) atoms. The molecule has 0 spiro atoms. The van der Waals surface area contributed by atoms with Gasteiger partial charge in [-0.1, -0.05) is 41.9 Å². The number of nitrogens with zero attached hydrogens (tertiary/aromatic N) is 4. The van der Waals surface area contributed by atoms with Crippen molar-refractivity contribution in [1.29, 1.82) is 5.26 Å². The van der Waals surface area contributed by atoms with E-state index in [1.54, 1.807) is 42.5 Å².